The molecule has 1 amide bonds. The molecule has 1 N–H and O–H groups in total. The highest BCUT2D eigenvalue weighted by atomic mass is 35.7. The van der Waals surface area contributed by atoms with Gasteiger partial charge in [0, 0.05) is 34.9 Å². The van der Waals surface area contributed by atoms with Crippen molar-refractivity contribution in [1.29, 1.82) is 0 Å². The summed E-state index contributed by atoms with van der Waals surface area (Å²) in [4.78, 5) is 20.5. The maximum absolute atomic E-state index is 11.3. The molecule has 0 saturated carbocycles. The SMILES string of the molecule is CC(=O)Nc1cc([N+](=O)[O-])c(C)c(S(=O)(=O)Cl)c1. The quantitative estimate of drug-likeness (QED) is 0.519. The van der Waals surface area contributed by atoms with Crippen molar-refractivity contribution >= 4 is 37.0 Å². The molecule has 0 radical (unpaired) electrons. The summed E-state index contributed by atoms with van der Waals surface area (Å²) in [6, 6.07) is 2.15. The number of anilines is 1. The second kappa shape index (κ2) is 4.91. The topological polar surface area (TPSA) is 106 Å². The normalized spacial score (nSPS) is 11.1. The van der Waals surface area contributed by atoms with E-state index in [-0.39, 0.29) is 11.3 Å². The molecule has 0 aliphatic carbocycles. The molecule has 0 aromatic heterocycles. The fraction of sp³-hybridized carbons (Fsp3) is 0.222. The van der Waals surface area contributed by atoms with E-state index >= 15 is 0 Å². The first-order valence-corrected chi connectivity index (χ1v) is 6.95. The van der Waals surface area contributed by atoms with Crippen LogP contribution in [0.1, 0.15) is 12.5 Å². The Morgan fingerprint density at radius 2 is 2.00 bits per heavy atom. The molecule has 0 unspecified atom stereocenters. The summed E-state index contributed by atoms with van der Waals surface area (Å²) in [6.07, 6.45) is 0. The molecule has 0 bridgehead atoms. The van der Waals surface area contributed by atoms with E-state index in [9.17, 15) is 23.3 Å². The Kier molecular flexibility index (Phi) is 3.92. The minimum Gasteiger partial charge on any atom is -0.326 e. The Morgan fingerprint density at radius 1 is 1.44 bits per heavy atom. The van der Waals surface area contributed by atoms with Crippen molar-refractivity contribution < 1.29 is 18.1 Å². The largest absolute Gasteiger partial charge is 0.326 e. The fourth-order valence-corrected chi connectivity index (χ4v) is 2.61. The highest BCUT2D eigenvalue weighted by molar-refractivity contribution is 8.13. The number of rotatable bonds is 3. The second-order valence-corrected chi connectivity index (χ2v) is 6.03. The van der Waals surface area contributed by atoms with Crippen LogP contribution in [0.4, 0.5) is 11.4 Å². The van der Waals surface area contributed by atoms with Gasteiger partial charge in [-0.25, -0.2) is 8.42 Å². The van der Waals surface area contributed by atoms with Crippen LogP contribution in [0.25, 0.3) is 0 Å². The van der Waals surface area contributed by atoms with Gasteiger partial charge in [0.2, 0.25) is 5.91 Å². The molecule has 0 spiro atoms. The summed E-state index contributed by atoms with van der Waals surface area (Å²) in [5, 5.41) is 13.1. The van der Waals surface area contributed by atoms with E-state index in [1.54, 1.807) is 0 Å². The maximum atomic E-state index is 11.3. The van der Waals surface area contributed by atoms with E-state index in [1.165, 1.54) is 13.8 Å². The van der Waals surface area contributed by atoms with Crippen LogP contribution in [0, 0.1) is 17.0 Å². The third-order valence-electron chi connectivity index (χ3n) is 2.11. The van der Waals surface area contributed by atoms with Gasteiger partial charge >= 0.3 is 0 Å². The van der Waals surface area contributed by atoms with Crippen molar-refractivity contribution in [2.24, 2.45) is 0 Å². The van der Waals surface area contributed by atoms with Gasteiger partial charge in [-0.3, -0.25) is 14.9 Å². The van der Waals surface area contributed by atoms with Gasteiger partial charge in [-0.05, 0) is 13.0 Å². The zero-order valence-corrected chi connectivity index (χ0v) is 11.0. The number of nitro benzene ring substituents is 1. The monoisotopic (exact) mass is 292 g/mol. The summed E-state index contributed by atoms with van der Waals surface area (Å²) in [6.45, 7) is 2.46. The summed E-state index contributed by atoms with van der Waals surface area (Å²) in [5.41, 5.74) is -0.511. The minimum absolute atomic E-state index is 0.000903. The molecule has 18 heavy (non-hydrogen) atoms. The van der Waals surface area contributed by atoms with Crippen LogP contribution >= 0.6 is 10.7 Å². The van der Waals surface area contributed by atoms with Crippen LogP contribution in [-0.4, -0.2) is 19.2 Å². The van der Waals surface area contributed by atoms with Crippen LogP contribution in [0.2, 0.25) is 0 Å². The predicted molar refractivity (Wildman–Crippen MR) is 65.2 cm³/mol. The van der Waals surface area contributed by atoms with E-state index in [4.69, 9.17) is 10.7 Å². The third-order valence-corrected chi connectivity index (χ3v) is 3.56. The summed E-state index contributed by atoms with van der Waals surface area (Å²) >= 11 is 0. The Hall–Kier alpha value is -1.67. The van der Waals surface area contributed by atoms with E-state index in [0.717, 1.165) is 12.1 Å². The highest BCUT2D eigenvalue weighted by Crippen LogP contribution is 2.31. The number of benzene rings is 1. The number of nitro groups is 1. The van der Waals surface area contributed by atoms with Gasteiger partial charge in [0.1, 0.15) is 0 Å². The van der Waals surface area contributed by atoms with Gasteiger partial charge < -0.3 is 5.32 Å². The van der Waals surface area contributed by atoms with Crippen LogP contribution in [-0.2, 0) is 13.8 Å². The minimum atomic E-state index is -4.13. The lowest BCUT2D eigenvalue weighted by Crippen LogP contribution is -2.08. The standard InChI is InChI=1S/C9H9ClN2O5S/c1-5-8(12(14)15)3-7(11-6(2)13)4-9(5)18(10,16)17/h3-4H,1-2H3,(H,11,13). The lowest BCUT2D eigenvalue weighted by Gasteiger charge is -2.07. The second-order valence-electron chi connectivity index (χ2n) is 3.49. The van der Waals surface area contributed by atoms with E-state index in [1.807, 2.05) is 0 Å². The Bertz CT molecular complexity index is 626. The molecular weight excluding hydrogens is 284 g/mol. The average molecular weight is 293 g/mol. The van der Waals surface area contributed by atoms with Crippen LogP contribution < -0.4 is 5.32 Å². The first-order valence-electron chi connectivity index (χ1n) is 4.64. The van der Waals surface area contributed by atoms with Crippen LogP contribution in [0.15, 0.2) is 17.0 Å². The predicted octanol–water partition coefficient (Wildman–Crippen LogP) is 1.79. The zero-order chi connectivity index (χ0) is 14.1. The lowest BCUT2D eigenvalue weighted by atomic mass is 10.2. The number of nitrogens with one attached hydrogen (secondary N) is 1. The van der Waals surface area contributed by atoms with Crippen molar-refractivity contribution in [3.05, 3.63) is 27.8 Å². The lowest BCUT2D eigenvalue weighted by molar-refractivity contribution is -0.385. The molecule has 0 aliphatic heterocycles. The van der Waals surface area contributed by atoms with Gasteiger partial charge in [0.25, 0.3) is 14.7 Å². The van der Waals surface area contributed by atoms with Crippen LogP contribution in [0.5, 0.6) is 0 Å². The maximum Gasteiger partial charge on any atom is 0.275 e. The molecule has 0 atom stereocenters. The van der Waals surface area contributed by atoms with Crippen molar-refractivity contribution in [3.8, 4) is 0 Å². The Labute approximate surface area is 107 Å². The molecule has 0 saturated heterocycles. The van der Waals surface area contributed by atoms with Crippen molar-refractivity contribution in [2.45, 2.75) is 18.7 Å². The number of hydrogen-bond donors (Lipinski definition) is 1. The van der Waals surface area contributed by atoms with Crippen molar-refractivity contribution in [2.75, 3.05) is 5.32 Å². The van der Waals surface area contributed by atoms with Crippen molar-refractivity contribution in [3.63, 3.8) is 0 Å². The van der Waals surface area contributed by atoms with Gasteiger partial charge in [0.15, 0.2) is 0 Å². The van der Waals surface area contributed by atoms with Gasteiger partial charge in [-0.1, -0.05) is 0 Å². The molecule has 1 aromatic rings. The number of carbonyl (C=O) groups excluding carboxylic acids is 1. The first-order chi connectivity index (χ1) is 8.12. The molecule has 9 heteroatoms. The molecule has 0 aliphatic rings. The summed E-state index contributed by atoms with van der Waals surface area (Å²) in [7, 11) is 1.05. The number of amides is 1. The average Bonchev–Trinajstić information content (AvgIpc) is 2.17. The number of hydrogen-bond acceptors (Lipinski definition) is 5. The van der Waals surface area contributed by atoms with E-state index in [0.29, 0.717) is 0 Å². The number of carbonyl (C=O) groups is 1. The fourth-order valence-electron chi connectivity index (χ4n) is 1.39. The molecule has 0 heterocycles. The third kappa shape index (κ3) is 3.17. The van der Waals surface area contributed by atoms with E-state index < -0.39 is 30.5 Å². The summed E-state index contributed by atoms with van der Waals surface area (Å²) < 4.78 is 22.6. The summed E-state index contributed by atoms with van der Waals surface area (Å²) in [5.74, 6) is -0.480. The molecular formula is C9H9ClN2O5S. The number of nitrogens with zero attached hydrogens (tertiary/aromatic N) is 1. The Balaban J connectivity index is 3.57. The molecule has 7 nitrogen and oxygen atoms in total. The van der Waals surface area contributed by atoms with Crippen molar-refractivity contribution in [1.82, 2.24) is 0 Å². The van der Waals surface area contributed by atoms with Gasteiger partial charge in [-0.2, -0.15) is 0 Å². The molecule has 1 rings (SSSR count). The smallest absolute Gasteiger partial charge is 0.275 e. The molecule has 1 aromatic carbocycles. The molecule has 0 fully saturated rings. The highest BCUT2D eigenvalue weighted by Gasteiger charge is 2.23. The van der Waals surface area contributed by atoms with Gasteiger partial charge in [-0.15, -0.1) is 0 Å². The van der Waals surface area contributed by atoms with Gasteiger partial charge in [0.05, 0.1) is 9.82 Å². The zero-order valence-electron chi connectivity index (χ0n) is 9.43. The number of halogens is 1. The molecule has 98 valence electrons. The van der Waals surface area contributed by atoms with E-state index in [2.05, 4.69) is 5.32 Å². The Morgan fingerprint density at radius 3 is 2.39 bits per heavy atom. The first kappa shape index (κ1) is 14.4. The van der Waals surface area contributed by atoms with Crippen LogP contribution in [0.3, 0.4) is 0 Å².